The van der Waals surface area contributed by atoms with Crippen LogP contribution in [0.2, 0.25) is 0 Å². The molecule has 2 aromatic heterocycles. The summed E-state index contributed by atoms with van der Waals surface area (Å²) in [7, 11) is 1.92. The normalized spacial score (nSPS) is 12.3. The third-order valence-electron chi connectivity index (χ3n) is 3.51. The van der Waals surface area contributed by atoms with Gasteiger partial charge in [0.25, 0.3) is 0 Å². The average Bonchev–Trinajstić information content (AvgIpc) is 3.12. The Morgan fingerprint density at radius 1 is 1.29 bits per heavy atom. The predicted octanol–water partition coefficient (Wildman–Crippen LogP) is 3.66. The van der Waals surface area contributed by atoms with Crippen LogP contribution in [-0.4, -0.2) is 9.55 Å². The molecular formula is C16H16FN3O. The van der Waals surface area contributed by atoms with Crippen molar-refractivity contribution in [2.75, 3.05) is 5.32 Å². The lowest BCUT2D eigenvalue weighted by atomic mass is 10.1. The summed E-state index contributed by atoms with van der Waals surface area (Å²) < 4.78 is 21.1. The Morgan fingerprint density at radius 2 is 2.14 bits per heavy atom. The van der Waals surface area contributed by atoms with E-state index in [1.54, 1.807) is 25.5 Å². The van der Waals surface area contributed by atoms with E-state index in [9.17, 15) is 4.39 Å². The van der Waals surface area contributed by atoms with Crippen LogP contribution in [0.5, 0.6) is 0 Å². The number of furan rings is 1. The van der Waals surface area contributed by atoms with Crippen molar-refractivity contribution >= 4 is 5.69 Å². The summed E-state index contributed by atoms with van der Waals surface area (Å²) in [4.78, 5) is 4.37. The van der Waals surface area contributed by atoms with Gasteiger partial charge in [0, 0.05) is 30.7 Å². The fourth-order valence-corrected chi connectivity index (χ4v) is 2.29. The standard InChI is InChI=1S/C16H16FN3O/c1-11-12(17)5-3-6-13(11)19-15(14-7-4-10-21-14)16-18-8-9-20(16)2/h3-10,15,19H,1-2H3. The lowest BCUT2D eigenvalue weighted by Crippen LogP contribution is -2.17. The molecule has 0 bridgehead atoms. The summed E-state index contributed by atoms with van der Waals surface area (Å²) in [5, 5.41) is 3.32. The van der Waals surface area contributed by atoms with Gasteiger partial charge in [-0.3, -0.25) is 0 Å². The first-order chi connectivity index (χ1) is 10.2. The van der Waals surface area contributed by atoms with Gasteiger partial charge in [-0.05, 0) is 31.2 Å². The molecule has 108 valence electrons. The van der Waals surface area contributed by atoms with Crippen LogP contribution in [0, 0.1) is 12.7 Å². The zero-order valence-electron chi connectivity index (χ0n) is 11.9. The third-order valence-corrected chi connectivity index (χ3v) is 3.51. The number of aromatic nitrogens is 2. The molecule has 2 heterocycles. The molecule has 1 N–H and O–H groups in total. The number of nitrogens with one attached hydrogen (secondary N) is 1. The molecule has 0 aliphatic heterocycles. The molecule has 21 heavy (non-hydrogen) atoms. The summed E-state index contributed by atoms with van der Waals surface area (Å²) in [6, 6.07) is 8.40. The SMILES string of the molecule is Cc1c(F)cccc1NC(c1ccco1)c1nccn1C. The summed E-state index contributed by atoms with van der Waals surface area (Å²) in [6.07, 6.45) is 5.21. The Hall–Kier alpha value is -2.56. The third kappa shape index (κ3) is 2.54. The van der Waals surface area contributed by atoms with Crippen molar-refractivity contribution in [3.63, 3.8) is 0 Å². The Kier molecular flexibility index (Phi) is 3.48. The molecule has 3 aromatic rings. The first kappa shape index (κ1) is 13.4. The maximum Gasteiger partial charge on any atom is 0.143 e. The highest BCUT2D eigenvalue weighted by Gasteiger charge is 2.21. The second-order valence-corrected chi connectivity index (χ2v) is 4.90. The monoisotopic (exact) mass is 285 g/mol. The number of halogens is 1. The first-order valence-corrected chi connectivity index (χ1v) is 6.69. The summed E-state index contributed by atoms with van der Waals surface area (Å²) in [5.74, 6) is 1.29. The molecular weight excluding hydrogens is 269 g/mol. The van der Waals surface area contributed by atoms with Crippen LogP contribution < -0.4 is 5.32 Å². The predicted molar refractivity (Wildman–Crippen MR) is 78.5 cm³/mol. The van der Waals surface area contributed by atoms with Gasteiger partial charge in [0.1, 0.15) is 23.4 Å². The number of anilines is 1. The second-order valence-electron chi connectivity index (χ2n) is 4.90. The van der Waals surface area contributed by atoms with Gasteiger partial charge in [-0.25, -0.2) is 9.37 Å². The van der Waals surface area contributed by atoms with E-state index in [0.717, 1.165) is 17.3 Å². The molecule has 1 atom stereocenters. The van der Waals surface area contributed by atoms with Crippen molar-refractivity contribution in [1.82, 2.24) is 9.55 Å². The minimum atomic E-state index is -0.277. The van der Waals surface area contributed by atoms with Crippen molar-refractivity contribution in [3.05, 3.63) is 72.0 Å². The van der Waals surface area contributed by atoms with Gasteiger partial charge in [0.15, 0.2) is 0 Å². The Labute approximate surface area is 122 Å². The molecule has 0 saturated carbocycles. The smallest absolute Gasteiger partial charge is 0.143 e. The highest BCUT2D eigenvalue weighted by Crippen LogP contribution is 2.28. The molecule has 5 heteroatoms. The average molecular weight is 285 g/mol. The number of hydrogen-bond acceptors (Lipinski definition) is 3. The second kappa shape index (κ2) is 5.44. The van der Waals surface area contributed by atoms with Gasteiger partial charge in [-0.1, -0.05) is 6.07 Å². The topological polar surface area (TPSA) is 43.0 Å². The highest BCUT2D eigenvalue weighted by molar-refractivity contribution is 5.53. The molecule has 3 rings (SSSR count). The van der Waals surface area contributed by atoms with E-state index in [1.807, 2.05) is 36.0 Å². The van der Waals surface area contributed by atoms with Gasteiger partial charge in [-0.2, -0.15) is 0 Å². The summed E-state index contributed by atoms with van der Waals surface area (Å²) in [5.41, 5.74) is 1.29. The van der Waals surface area contributed by atoms with Gasteiger partial charge >= 0.3 is 0 Å². The largest absolute Gasteiger partial charge is 0.467 e. The van der Waals surface area contributed by atoms with Crippen LogP contribution in [0.15, 0.2) is 53.4 Å². The van der Waals surface area contributed by atoms with Crippen LogP contribution in [0.3, 0.4) is 0 Å². The first-order valence-electron chi connectivity index (χ1n) is 6.69. The number of imidazole rings is 1. The van der Waals surface area contributed by atoms with Gasteiger partial charge in [0.05, 0.1) is 6.26 Å². The number of rotatable bonds is 4. The molecule has 4 nitrogen and oxygen atoms in total. The minimum Gasteiger partial charge on any atom is -0.467 e. The Balaban J connectivity index is 2.01. The fourth-order valence-electron chi connectivity index (χ4n) is 2.29. The van der Waals surface area contributed by atoms with E-state index in [4.69, 9.17) is 4.42 Å². The number of aryl methyl sites for hydroxylation is 1. The van der Waals surface area contributed by atoms with Crippen LogP contribution in [0.25, 0.3) is 0 Å². The van der Waals surface area contributed by atoms with Gasteiger partial charge in [-0.15, -0.1) is 0 Å². The highest BCUT2D eigenvalue weighted by atomic mass is 19.1. The summed E-state index contributed by atoms with van der Waals surface area (Å²) >= 11 is 0. The number of benzene rings is 1. The van der Waals surface area contributed by atoms with Crippen molar-refractivity contribution in [3.8, 4) is 0 Å². The molecule has 0 aliphatic rings. The molecule has 1 unspecified atom stereocenters. The van der Waals surface area contributed by atoms with Crippen molar-refractivity contribution in [2.45, 2.75) is 13.0 Å². The maximum absolute atomic E-state index is 13.7. The zero-order chi connectivity index (χ0) is 14.8. The van der Waals surface area contributed by atoms with Gasteiger partial charge < -0.3 is 14.3 Å². The molecule has 0 amide bonds. The Bertz CT molecular complexity index is 734. The minimum absolute atomic E-state index is 0.238. The van der Waals surface area contributed by atoms with Crippen LogP contribution in [-0.2, 0) is 7.05 Å². The zero-order valence-corrected chi connectivity index (χ0v) is 11.9. The van der Waals surface area contributed by atoms with Crippen molar-refractivity contribution in [1.29, 1.82) is 0 Å². The van der Waals surface area contributed by atoms with Crippen molar-refractivity contribution in [2.24, 2.45) is 7.05 Å². The molecule has 1 aromatic carbocycles. The number of nitrogens with zero attached hydrogens (tertiary/aromatic N) is 2. The van der Waals surface area contributed by atoms with Crippen LogP contribution in [0.4, 0.5) is 10.1 Å². The van der Waals surface area contributed by atoms with Crippen LogP contribution >= 0.6 is 0 Å². The molecule has 0 spiro atoms. The van der Waals surface area contributed by atoms with E-state index >= 15 is 0 Å². The molecule has 0 fully saturated rings. The molecule has 0 aliphatic carbocycles. The molecule has 0 saturated heterocycles. The van der Waals surface area contributed by atoms with Crippen LogP contribution in [0.1, 0.15) is 23.2 Å². The van der Waals surface area contributed by atoms with E-state index < -0.39 is 0 Å². The quantitative estimate of drug-likeness (QED) is 0.795. The molecule has 0 radical (unpaired) electrons. The number of hydrogen-bond donors (Lipinski definition) is 1. The van der Waals surface area contributed by atoms with Gasteiger partial charge in [0.2, 0.25) is 0 Å². The van der Waals surface area contributed by atoms with E-state index in [0.29, 0.717) is 5.56 Å². The fraction of sp³-hybridized carbons (Fsp3) is 0.188. The van der Waals surface area contributed by atoms with E-state index in [-0.39, 0.29) is 11.9 Å². The maximum atomic E-state index is 13.7. The van der Waals surface area contributed by atoms with E-state index in [1.165, 1.54) is 6.07 Å². The van der Waals surface area contributed by atoms with E-state index in [2.05, 4.69) is 10.3 Å². The van der Waals surface area contributed by atoms with Crippen molar-refractivity contribution < 1.29 is 8.81 Å². The lowest BCUT2D eigenvalue weighted by molar-refractivity contribution is 0.488. The Morgan fingerprint density at radius 3 is 2.81 bits per heavy atom. The summed E-state index contributed by atoms with van der Waals surface area (Å²) in [6.45, 7) is 1.75. The lowest BCUT2D eigenvalue weighted by Gasteiger charge is -2.19.